The fraction of sp³-hybridized carbons (Fsp3) is 0.463. The first-order chi connectivity index (χ1) is 28.4. The molecule has 4 aromatic rings. The fourth-order valence-corrected chi connectivity index (χ4v) is 9.92. The average molecular weight is 1060 g/mol. The van der Waals surface area contributed by atoms with Crippen LogP contribution in [0.15, 0.2) is 86.8 Å². The molecule has 0 amide bonds. The Hall–Kier alpha value is -2.57. The van der Waals surface area contributed by atoms with Crippen LogP contribution in [0.4, 0.5) is 0 Å². The minimum absolute atomic E-state index is 0. The summed E-state index contributed by atoms with van der Waals surface area (Å²) in [6.45, 7) is 33.6. The van der Waals surface area contributed by atoms with Gasteiger partial charge < -0.3 is 19.9 Å². The van der Waals surface area contributed by atoms with E-state index < -0.39 is 8.32 Å². The van der Waals surface area contributed by atoms with E-state index in [1.807, 2.05) is 88.7 Å². The third-order valence-corrected chi connectivity index (χ3v) is 17.8. The number of aromatic nitrogens is 1. The van der Waals surface area contributed by atoms with Crippen molar-refractivity contribution in [2.45, 2.75) is 151 Å². The summed E-state index contributed by atoms with van der Waals surface area (Å²) in [5.74, 6) is 1.79. The number of fused-ring (bicyclic) bond motifs is 2. The van der Waals surface area contributed by atoms with Gasteiger partial charge in [-0.2, -0.15) is 11.4 Å². The van der Waals surface area contributed by atoms with Gasteiger partial charge in [-0.05, 0) is 177 Å². The molecule has 62 heavy (non-hydrogen) atoms. The number of allylic oxidation sites excluding steroid dienone is 4. The summed E-state index contributed by atoms with van der Waals surface area (Å²) in [5, 5.41) is 23.7. The van der Waals surface area contributed by atoms with Crippen LogP contribution in [0, 0.1) is 39.0 Å². The number of halogens is 2. The van der Waals surface area contributed by atoms with Crippen LogP contribution in [0.1, 0.15) is 127 Å². The van der Waals surface area contributed by atoms with Crippen LogP contribution in [0.5, 0.6) is 11.5 Å². The van der Waals surface area contributed by atoms with Crippen molar-refractivity contribution in [3.05, 3.63) is 145 Å². The molecular weight excluding hydrogens is 992 g/mol. The minimum atomic E-state index is -2.10. The van der Waals surface area contributed by atoms with E-state index in [2.05, 4.69) is 111 Å². The molecule has 0 N–H and O–H groups in total. The van der Waals surface area contributed by atoms with E-state index in [-0.39, 0.29) is 37.3 Å². The molecule has 4 nitrogen and oxygen atoms in total. The first kappa shape index (κ1) is 53.8. The van der Waals surface area contributed by atoms with Gasteiger partial charge in [0.05, 0.1) is 4.47 Å². The topological polar surface area (TPSA) is 68.7 Å². The second-order valence-electron chi connectivity index (χ2n) is 19.6. The van der Waals surface area contributed by atoms with Gasteiger partial charge in [0, 0.05) is 51.6 Å². The van der Waals surface area contributed by atoms with E-state index in [1.54, 1.807) is 0 Å². The summed E-state index contributed by atoms with van der Waals surface area (Å²) in [6.07, 6.45) is 14.9. The van der Waals surface area contributed by atoms with Crippen molar-refractivity contribution < 1.29 is 30.6 Å². The zero-order valence-electron chi connectivity index (χ0n) is 39.7. The molecule has 7 rings (SSSR count). The molecule has 0 fully saturated rings. The van der Waals surface area contributed by atoms with Gasteiger partial charge in [0.2, 0.25) is 0 Å². The maximum atomic E-state index is 13.6. The van der Waals surface area contributed by atoms with Crippen molar-refractivity contribution >= 4 is 45.9 Å². The minimum Gasteiger partial charge on any atom is -0.871 e. The first-order valence-corrected chi connectivity index (χ1v) is 26.7. The smallest absolute Gasteiger partial charge is 0.871 e. The Labute approximate surface area is 408 Å². The van der Waals surface area contributed by atoms with E-state index in [0.717, 1.165) is 76.0 Å². The molecule has 2 radical (unpaired) electrons. The molecule has 0 aliphatic heterocycles. The third-order valence-electron chi connectivity index (χ3n) is 12.3. The number of aryl methyl sites for hydroxylation is 4. The van der Waals surface area contributed by atoms with Gasteiger partial charge in [0.15, 0.2) is 0 Å². The average Bonchev–Trinajstić information content (AvgIpc) is 3.58. The summed E-state index contributed by atoms with van der Waals surface area (Å²) in [5.41, 5.74) is 13.0. The van der Waals surface area contributed by atoms with Gasteiger partial charge >= 0.3 is 21.1 Å². The predicted molar refractivity (Wildman–Crippen MR) is 269 cm³/mol. The van der Waals surface area contributed by atoms with Gasteiger partial charge in [-0.3, -0.25) is 0 Å². The predicted octanol–water partition coefficient (Wildman–Crippen LogP) is 15.4. The Bertz CT molecular complexity index is 2140. The summed E-state index contributed by atoms with van der Waals surface area (Å²) in [6, 6.07) is 18.4. The van der Waals surface area contributed by atoms with Crippen LogP contribution in [0.25, 0.3) is 16.5 Å². The standard InChI is InChI=1S/C26H34Br2O2Si.C12H17N.C10H12.C6H8N.Mo/c1-26(2,3)31(4,5)30-25-21(28)15-17-11-7-9-13-19(17)23(25)22-18-12-8-6-10-16(18)14-20(27)24(22)29;1-8(2)10-6-5-7-11(9(3)4)12(10)13;1-10(2,3)9-7-5-4-6-8-9;1-5-3-4-6(2)7-5;/h14-15,29H,6-13H2,1-5H3;5-9H,1-4H3;1,4-8H,2-3H3;3-4H,1-2H3;/q;;;-1;+2/p-1. The van der Waals surface area contributed by atoms with Crippen molar-refractivity contribution in [1.82, 2.24) is 4.98 Å². The van der Waals surface area contributed by atoms with Crippen LogP contribution in [0.2, 0.25) is 18.1 Å². The van der Waals surface area contributed by atoms with Gasteiger partial charge in [-0.1, -0.05) is 113 Å². The summed E-state index contributed by atoms with van der Waals surface area (Å²) >= 11 is 7.46. The van der Waals surface area contributed by atoms with Gasteiger partial charge in [-0.25, -0.2) is 0 Å². The largest absolute Gasteiger partial charge is 2.00 e. The van der Waals surface area contributed by atoms with Gasteiger partial charge in [0.1, 0.15) is 5.75 Å². The van der Waals surface area contributed by atoms with Crippen molar-refractivity contribution in [3.8, 4) is 22.6 Å². The molecule has 0 spiro atoms. The van der Waals surface area contributed by atoms with Crippen molar-refractivity contribution in [3.63, 3.8) is 0 Å². The normalized spacial score (nSPS) is 14.8. The van der Waals surface area contributed by atoms with E-state index in [1.165, 1.54) is 47.1 Å². The van der Waals surface area contributed by atoms with Crippen LogP contribution in [0.3, 0.4) is 0 Å². The third kappa shape index (κ3) is 14.0. The van der Waals surface area contributed by atoms with Crippen LogP contribution in [-0.4, -0.2) is 14.0 Å². The summed E-state index contributed by atoms with van der Waals surface area (Å²) in [4.78, 5) is 4.11. The second-order valence-corrected chi connectivity index (χ2v) is 26.0. The Morgan fingerprint density at radius 3 is 1.60 bits per heavy atom. The number of hydrogen-bond donors (Lipinski definition) is 0. The number of hydrogen-bond acceptors (Lipinski definition) is 2. The SMILES string of the molecule is CC(C)(C)[Si](C)(C)Oc1c(Br)cc2c(c1-c1c([O-])c(Br)cc3c1CCCC3)CCCC2.CC(C)C1=C[CH+]C=C(C(C)C)C1=[N-].Cc1ccc(C)[n-]1.[CH]C(C)(C)c1ccccc1.[Mo+2]. The Kier molecular flexibility index (Phi) is 20.0. The van der Waals surface area contributed by atoms with Crippen LogP contribution in [-0.2, 0) is 52.2 Å². The molecule has 0 saturated carbocycles. The van der Waals surface area contributed by atoms with Gasteiger partial charge in [-0.15, -0.1) is 0 Å². The van der Waals surface area contributed by atoms with Crippen LogP contribution < -0.4 is 14.5 Å². The molecule has 0 unspecified atom stereocenters. The summed E-state index contributed by atoms with van der Waals surface area (Å²) in [7, 11) is -2.10. The first-order valence-electron chi connectivity index (χ1n) is 22.2. The van der Waals surface area contributed by atoms with Crippen LogP contribution >= 0.6 is 31.9 Å². The molecular formula is C54H70Br2MoN2O2Si. The van der Waals surface area contributed by atoms with E-state index in [0.29, 0.717) is 22.0 Å². The molecule has 332 valence electrons. The zero-order chi connectivity index (χ0) is 45.4. The fourth-order valence-electron chi connectivity index (χ4n) is 7.71. The zero-order valence-corrected chi connectivity index (χ0v) is 45.9. The van der Waals surface area contributed by atoms with E-state index in [9.17, 15) is 10.5 Å². The second kappa shape index (κ2) is 23.1. The Morgan fingerprint density at radius 1 is 0.742 bits per heavy atom. The molecule has 0 atom stereocenters. The van der Waals surface area contributed by atoms with Gasteiger partial charge in [0.25, 0.3) is 8.32 Å². The molecule has 8 heteroatoms. The number of benzene rings is 3. The molecule has 3 aliphatic rings. The van der Waals surface area contributed by atoms with Crippen molar-refractivity contribution in [2.24, 2.45) is 11.8 Å². The monoisotopic (exact) mass is 1060 g/mol. The van der Waals surface area contributed by atoms with Crippen molar-refractivity contribution in [2.75, 3.05) is 0 Å². The number of nitrogens with zero attached hydrogens (tertiary/aromatic N) is 2. The molecule has 0 saturated heterocycles. The molecule has 1 aromatic heterocycles. The Morgan fingerprint density at radius 2 is 1.19 bits per heavy atom. The van der Waals surface area contributed by atoms with E-state index in [4.69, 9.17) is 11.3 Å². The summed E-state index contributed by atoms with van der Waals surface area (Å²) < 4.78 is 8.66. The maximum absolute atomic E-state index is 13.6. The molecule has 3 aromatic carbocycles. The maximum Gasteiger partial charge on any atom is 2.00 e. The number of rotatable bonds is 6. The molecule has 1 heterocycles. The van der Waals surface area contributed by atoms with E-state index >= 15 is 0 Å². The quantitative estimate of drug-likeness (QED) is 0.143. The Balaban J connectivity index is 0.000000269. The van der Waals surface area contributed by atoms with Crippen molar-refractivity contribution in [1.29, 1.82) is 0 Å². The molecule has 3 aliphatic carbocycles. The molecule has 0 bridgehead atoms.